The summed E-state index contributed by atoms with van der Waals surface area (Å²) in [4.78, 5) is 28.2. The number of amides is 1. The molecule has 0 saturated carbocycles. The van der Waals surface area contributed by atoms with E-state index in [1.807, 2.05) is 4.57 Å². The maximum atomic E-state index is 12.9. The van der Waals surface area contributed by atoms with E-state index in [-0.39, 0.29) is 17.6 Å². The molecule has 186 valence electrons. The summed E-state index contributed by atoms with van der Waals surface area (Å²) in [6, 6.07) is 2.13. The van der Waals surface area contributed by atoms with E-state index >= 15 is 0 Å². The minimum atomic E-state index is -0.354. The first kappa shape index (κ1) is 25.7. The van der Waals surface area contributed by atoms with E-state index in [9.17, 15) is 9.59 Å². The zero-order valence-corrected chi connectivity index (χ0v) is 22.5. The first-order valence-corrected chi connectivity index (χ1v) is 14.6. The molecule has 0 aromatic carbocycles. The summed E-state index contributed by atoms with van der Waals surface area (Å²) in [7, 11) is 0. The Kier molecular flexibility index (Phi) is 8.80. The standard InChI is InChI=1S/C25H30N4O3S3/c1-4-12-29-22(16-13-17(5-2)33-14-16)27-28-25(29)34-15-20(30)26-23-21(24(31)32-6-3)18-10-8-7-9-11-19(18)35-23/h4,13-14H,1,5-12,15H2,2-3H3,(H,26,30). The third kappa shape index (κ3) is 5.87. The van der Waals surface area contributed by atoms with Gasteiger partial charge in [-0.15, -0.1) is 39.4 Å². The number of aromatic nitrogens is 3. The van der Waals surface area contributed by atoms with Gasteiger partial charge >= 0.3 is 5.97 Å². The second kappa shape index (κ2) is 12.0. The van der Waals surface area contributed by atoms with E-state index < -0.39 is 0 Å². The number of esters is 1. The molecule has 3 heterocycles. The summed E-state index contributed by atoms with van der Waals surface area (Å²) in [6.07, 6.45) is 7.86. The second-order valence-electron chi connectivity index (χ2n) is 8.19. The molecule has 0 fully saturated rings. The number of nitrogens with zero attached hydrogens (tertiary/aromatic N) is 3. The molecule has 0 unspecified atom stereocenters. The van der Waals surface area contributed by atoms with Crippen LogP contribution in [0.2, 0.25) is 0 Å². The average molecular weight is 531 g/mol. The molecular weight excluding hydrogens is 501 g/mol. The smallest absolute Gasteiger partial charge is 0.341 e. The number of allylic oxidation sites excluding steroid dienone is 1. The Morgan fingerprint density at radius 1 is 1.26 bits per heavy atom. The summed E-state index contributed by atoms with van der Waals surface area (Å²) in [5, 5.41) is 15.0. The minimum absolute atomic E-state index is 0.157. The lowest BCUT2D eigenvalue weighted by Crippen LogP contribution is -2.17. The lowest BCUT2D eigenvalue weighted by Gasteiger charge is -2.09. The quantitative estimate of drug-likeness (QED) is 0.150. The van der Waals surface area contributed by atoms with Crippen molar-refractivity contribution >= 4 is 51.3 Å². The lowest BCUT2D eigenvalue weighted by molar-refractivity contribution is -0.113. The zero-order valence-electron chi connectivity index (χ0n) is 20.1. The van der Waals surface area contributed by atoms with Gasteiger partial charge in [-0.05, 0) is 50.7 Å². The van der Waals surface area contributed by atoms with Crippen molar-refractivity contribution in [2.45, 2.75) is 64.1 Å². The largest absolute Gasteiger partial charge is 0.462 e. The lowest BCUT2D eigenvalue weighted by atomic mass is 10.1. The number of carbonyl (C=O) groups excluding carboxylic acids is 2. The Balaban J connectivity index is 1.50. The molecular formula is C25H30N4O3S3. The molecule has 1 amide bonds. The molecule has 1 aliphatic rings. The van der Waals surface area contributed by atoms with Crippen molar-refractivity contribution in [2.75, 3.05) is 17.7 Å². The molecule has 7 nitrogen and oxygen atoms in total. The van der Waals surface area contributed by atoms with Crippen molar-refractivity contribution in [3.63, 3.8) is 0 Å². The SMILES string of the molecule is C=CCn1c(SCC(=O)Nc2sc3c(c2C(=O)OCC)CCCCC3)nnc1-c1csc(CC)c1. The van der Waals surface area contributed by atoms with Crippen LogP contribution in [-0.2, 0) is 35.3 Å². The Bertz CT molecular complexity index is 1210. The molecule has 0 atom stereocenters. The second-order valence-corrected chi connectivity index (χ2v) is 11.2. The van der Waals surface area contributed by atoms with E-state index in [0.29, 0.717) is 28.9 Å². The number of thiophene rings is 2. The van der Waals surface area contributed by atoms with Crippen LogP contribution in [0.5, 0.6) is 0 Å². The van der Waals surface area contributed by atoms with Crippen molar-refractivity contribution in [2.24, 2.45) is 0 Å². The molecule has 1 N–H and O–H groups in total. The van der Waals surface area contributed by atoms with Crippen molar-refractivity contribution in [3.05, 3.63) is 45.0 Å². The highest BCUT2D eigenvalue weighted by molar-refractivity contribution is 7.99. The molecule has 0 spiro atoms. The van der Waals surface area contributed by atoms with Crippen molar-refractivity contribution in [1.29, 1.82) is 0 Å². The summed E-state index contributed by atoms with van der Waals surface area (Å²) in [5.41, 5.74) is 2.61. The van der Waals surface area contributed by atoms with Gasteiger partial charge in [0, 0.05) is 27.2 Å². The summed E-state index contributed by atoms with van der Waals surface area (Å²) in [6.45, 7) is 8.64. The first-order valence-electron chi connectivity index (χ1n) is 11.9. The van der Waals surface area contributed by atoms with Crippen molar-refractivity contribution in [3.8, 4) is 11.4 Å². The minimum Gasteiger partial charge on any atom is -0.462 e. The van der Waals surface area contributed by atoms with Gasteiger partial charge in [-0.25, -0.2) is 4.79 Å². The van der Waals surface area contributed by atoms with Crippen LogP contribution in [0, 0.1) is 0 Å². The van der Waals surface area contributed by atoms with E-state index in [4.69, 9.17) is 4.74 Å². The molecule has 3 aromatic rings. The maximum absolute atomic E-state index is 12.9. The fraction of sp³-hybridized carbons (Fsp3) is 0.440. The molecule has 0 saturated heterocycles. The van der Waals surface area contributed by atoms with E-state index in [1.165, 1.54) is 32.9 Å². The molecule has 10 heteroatoms. The van der Waals surface area contributed by atoms with E-state index in [0.717, 1.165) is 55.5 Å². The topological polar surface area (TPSA) is 86.1 Å². The predicted octanol–water partition coefficient (Wildman–Crippen LogP) is 5.99. The number of hydrogen-bond donors (Lipinski definition) is 1. The monoisotopic (exact) mass is 530 g/mol. The fourth-order valence-electron chi connectivity index (χ4n) is 4.13. The number of carbonyl (C=O) groups is 2. The van der Waals surface area contributed by atoms with Crippen LogP contribution >= 0.6 is 34.4 Å². The van der Waals surface area contributed by atoms with Crippen LogP contribution in [0.1, 0.15) is 58.8 Å². The fourth-order valence-corrected chi connectivity index (χ4v) is 6.98. The number of hydrogen-bond acceptors (Lipinski definition) is 8. The molecule has 1 aliphatic carbocycles. The van der Waals surface area contributed by atoms with Crippen LogP contribution in [0.3, 0.4) is 0 Å². The van der Waals surface area contributed by atoms with Crippen LogP contribution in [0.25, 0.3) is 11.4 Å². The molecule has 35 heavy (non-hydrogen) atoms. The number of thioether (sulfide) groups is 1. The Morgan fingerprint density at radius 2 is 2.09 bits per heavy atom. The third-order valence-corrected chi connectivity index (χ3v) is 9.03. The summed E-state index contributed by atoms with van der Waals surface area (Å²) < 4.78 is 7.30. The van der Waals surface area contributed by atoms with Crippen molar-refractivity contribution in [1.82, 2.24) is 14.8 Å². The number of ether oxygens (including phenoxy) is 1. The number of fused-ring (bicyclic) bond motifs is 1. The molecule has 3 aromatic heterocycles. The molecule has 0 aliphatic heterocycles. The molecule has 4 rings (SSSR count). The normalized spacial score (nSPS) is 13.2. The first-order chi connectivity index (χ1) is 17.0. The maximum Gasteiger partial charge on any atom is 0.341 e. The van der Waals surface area contributed by atoms with Crippen LogP contribution in [0.4, 0.5) is 5.00 Å². The zero-order chi connectivity index (χ0) is 24.8. The van der Waals surface area contributed by atoms with Gasteiger partial charge < -0.3 is 10.1 Å². The number of aryl methyl sites for hydroxylation is 2. The Labute approximate surface area is 218 Å². The summed E-state index contributed by atoms with van der Waals surface area (Å²) >= 11 is 4.54. The Hall–Kier alpha value is -2.43. The molecule has 0 radical (unpaired) electrons. The predicted molar refractivity (Wildman–Crippen MR) is 144 cm³/mol. The van der Waals surface area contributed by atoms with Gasteiger partial charge in [0.25, 0.3) is 0 Å². The van der Waals surface area contributed by atoms with E-state index in [1.54, 1.807) is 24.3 Å². The van der Waals surface area contributed by atoms with Gasteiger partial charge in [0.1, 0.15) is 5.00 Å². The van der Waals surface area contributed by atoms with Gasteiger partial charge in [0.15, 0.2) is 11.0 Å². The number of rotatable bonds is 10. The number of nitrogens with one attached hydrogen (secondary N) is 1. The highest BCUT2D eigenvalue weighted by Gasteiger charge is 2.27. The van der Waals surface area contributed by atoms with Gasteiger partial charge in [-0.2, -0.15) is 0 Å². The third-order valence-electron chi connectivity index (χ3n) is 5.78. The summed E-state index contributed by atoms with van der Waals surface area (Å²) in [5.74, 6) is 0.391. The van der Waals surface area contributed by atoms with Crippen LogP contribution < -0.4 is 5.32 Å². The van der Waals surface area contributed by atoms with Crippen LogP contribution in [0.15, 0.2) is 29.3 Å². The number of anilines is 1. The highest BCUT2D eigenvalue weighted by Crippen LogP contribution is 2.38. The highest BCUT2D eigenvalue weighted by atomic mass is 32.2. The van der Waals surface area contributed by atoms with Gasteiger partial charge in [-0.1, -0.05) is 31.2 Å². The average Bonchev–Trinajstić information content (AvgIpc) is 3.51. The van der Waals surface area contributed by atoms with Gasteiger partial charge in [0.05, 0.1) is 17.9 Å². The Morgan fingerprint density at radius 3 is 2.83 bits per heavy atom. The van der Waals surface area contributed by atoms with Crippen LogP contribution in [-0.4, -0.2) is 39.0 Å². The van der Waals surface area contributed by atoms with Gasteiger partial charge in [0.2, 0.25) is 5.91 Å². The van der Waals surface area contributed by atoms with Gasteiger partial charge in [-0.3, -0.25) is 9.36 Å². The molecule has 0 bridgehead atoms. The van der Waals surface area contributed by atoms with E-state index in [2.05, 4.69) is 40.5 Å². The van der Waals surface area contributed by atoms with Crippen molar-refractivity contribution < 1.29 is 14.3 Å².